The molecule has 2 aromatic rings. The molecule has 1 aromatic heterocycles. The molecule has 0 saturated heterocycles. The van der Waals surface area contributed by atoms with E-state index in [0.717, 1.165) is 24.7 Å². The van der Waals surface area contributed by atoms with Gasteiger partial charge in [0.05, 0.1) is 18.4 Å². The van der Waals surface area contributed by atoms with Gasteiger partial charge in [-0.2, -0.15) is 5.10 Å². The van der Waals surface area contributed by atoms with Crippen molar-refractivity contribution in [1.29, 1.82) is 0 Å². The second-order valence-electron chi connectivity index (χ2n) is 4.36. The van der Waals surface area contributed by atoms with Gasteiger partial charge >= 0.3 is 0 Å². The molecule has 17 heavy (non-hydrogen) atoms. The second-order valence-corrected chi connectivity index (χ2v) is 4.80. The van der Waals surface area contributed by atoms with Crippen LogP contribution in [-0.4, -0.2) is 16.3 Å². The standard InChI is InChI=1S/C13H14ClN3/c1-9-2-3-10(14)6-11(9)12-7-16-17-5-4-15-8-13(12)17/h2-3,6-7,15H,4-5,8H2,1H3. The highest BCUT2D eigenvalue weighted by Crippen LogP contribution is 2.29. The number of halogens is 1. The Labute approximate surface area is 105 Å². The number of benzene rings is 1. The van der Waals surface area contributed by atoms with Crippen LogP contribution in [0.2, 0.25) is 5.02 Å². The van der Waals surface area contributed by atoms with E-state index in [1.807, 2.05) is 18.3 Å². The molecule has 2 heterocycles. The van der Waals surface area contributed by atoms with Gasteiger partial charge in [-0.25, -0.2) is 0 Å². The van der Waals surface area contributed by atoms with Crippen molar-refractivity contribution in [2.24, 2.45) is 0 Å². The summed E-state index contributed by atoms with van der Waals surface area (Å²) in [6.45, 7) is 4.91. The Morgan fingerprint density at radius 3 is 3.12 bits per heavy atom. The van der Waals surface area contributed by atoms with Crippen molar-refractivity contribution in [1.82, 2.24) is 15.1 Å². The Morgan fingerprint density at radius 1 is 1.35 bits per heavy atom. The molecule has 0 radical (unpaired) electrons. The molecule has 0 atom stereocenters. The van der Waals surface area contributed by atoms with E-state index >= 15 is 0 Å². The minimum absolute atomic E-state index is 0.773. The molecule has 0 fully saturated rings. The number of nitrogens with one attached hydrogen (secondary N) is 1. The van der Waals surface area contributed by atoms with Crippen LogP contribution in [0.15, 0.2) is 24.4 Å². The van der Waals surface area contributed by atoms with Gasteiger partial charge in [-0.3, -0.25) is 4.68 Å². The minimum atomic E-state index is 0.773. The third-order valence-corrected chi connectivity index (χ3v) is 3.47. The van der Waals surface area contributed by atoms with E-state index < -0.39 is 0 Å². The predicted molar refractivity (Wildman–Crippen MR) is 69.1 cm³/mol. The van der Waals surface area contributed by atoms with E-state index in [-0.39, 0.29) is 0 Å². The number of fused-ring (bicyclic) bond motifs is 1. The first-order valence-electron chi connectivity index (χ1n) is 5.77. The molecule has 3 nitrogen and oxygen atoms in total. The van der Waals surface area contributed by atoms with Gasteiger partial charge in [-0.15, -0.1) is 0 Å². The van der Waals surface area contributed by atoms with Gasteiger partial charge in [0, 0.05) is 23.7 Å². The first kappa shape index (κ1) is 10.8. The van der Waals surface area contributed by atoms with E-state index in [2.05, 4.69) is 28.1 Å². The van der Waals surface area contributed by atoms with Crippen LogP contribution in [-0.2, 0) is 13.1 Å². The van der Waals surface area contributed by atoms with Crippen molar-refractivity contribution in [2.75, 3.05) is 6.54 Å². The molecule has 0 unspecified atom stereocenters. The average molecular weight is 248 g/mol. The zero-order chi connectivity index (χ0) is 11.8. The smallest absolute Gasteiger partial charge is 0.0601 e. The topological polar surface area (TPSA) is 29.9 Å². The SMILES string of the molecule is Cc1ccc(Cl)cc1-c1cnn2c1CNCC2. The molecule has 0 amide bonds. The zero-order valence-electron chi connectivity index (χ0n) is 9.70. The average Bonchev–Trinajstić information content (AvgIpc) is 2.76. The summed E-state index contributed by atoms with van der Waals surface area (Å²) < 4.78 is 2.08. The molecular formula is C13H14ClN3. The molecule has 0 bridgehead atoms. The summed E-state index contributed by atoms with van der Waals surface area (Å²) in [5.74, 6) is 0. The van der Waals surface area contributed by atoms with Crippen molar-refractivity contribution in [3.63, 3.8) is 0 Å². The van der Waals surface area contributed by atoms with Crippen molar-refractivity contribution >= 4 is 11.6 Å². The van der Waals surface area contributed by atoms with Gasteiger partial charge in [0.15, 0.2) is 0 Å². The van der Waals surface area contributed by atoms with Crippen LogP contribution in [0.5, 0.6) is 0 Å². The Bertz CT molecular complexity index is 560. The molecule has 1 N–H and O–H groups in total. The minimum Gasteiger partial charge on any atom is -0.309 e. The van der Waals surface area contributed by atoms with Gasteiger partial charge in [0.1, 0.15) is 0 Å². The third-order valence-electron chi connectivity index (χ3n) is 3.23. The van der Waals surface area contributed by atoms with Crippen molar-refractivity contribution < 1.29 is 0 Å². The summed E-state index contributed by atoms with van der Waals surface area (Å²) >= 11 is 6.07. The second kappa shape index (κ2) is 4.17. The van der Waals surface area contributed by atoms with E-state index in [4.69, 9.17) is 11.6 Å². The lowest BCUT2D eigenvalue weighted by Crippen LogP contribution is -2.28. The molecule has 0 spiro atoms. The van der Waals surface area contributed by atoms with Crippen LogP contribution in [0.3, 0.4) is 0 Å². The first-order chi connectivity index (χ1) is 8.25. The summed E-state index contributed by atoms with van der Waals surface area (Å²) in [6.07, 6.45) is 1.95. The molecule has 0 aliphatic carbocycles. The van der Waals surface area contributed by atoms with E-state index in [1.165, 1.54) is 22.4 Å². The van der Waals surface area contributed by atoms with Gasteiger partial charge in [0.25, 0.3) is 0 Å². The quantitative estimate of drug-likeness (QED) is 0.840. The Hall–Kier alpha value is -1.32. The van der Waals surface area contributed by atoms with Crippen LogP contribution in [0.4, 0.5) is 0 Å². The molecule has 1 aliphatic heterocycles. The Balaban J connectivity index is 2.15. The van der Waals surface area contributed by atoms with Crippen LogP contribution in [0.25, 0.3) is 11.1 Å². The summed E-state index contributed by atoms with van der Waals surface area (Å²) in [5.41, 5.74) is 4.86. The molecule has 1 aliphatic rings. The first-order valence-corrected chi connectivity index (χ1v) is 6.15. The molecule has 0 saturated carbocycles. The molecule has 88 valence electrons. The van der Waals surface area contributed by atoms with Gasteiger partial charge < -0.3 is 5.32 Å². The highest BCUT2D eigenvalue weighted by molar-refractivity contribution is 6.30. The van der Waals surface area contributed by atoms with Gasteiger partial charge in [-0.05, 0) is 30.2 Å². The van der Waals surface area contributed by atoms with E-state index in [9.17, 15) is 0 Å². The molecule has 1 aromatic carbocycles. The van der Waals surface area contributed by atoms with Crippen molar-refractivity contribution in [3.05, 3.63) is 40.7 Å². The molecule has 3 rings (SSSR count). The molecular weight excluding hydrogens is 234 g/mol. The predicted octanol–water partition coefficient (Wildman–Crippen LogP) is 2.62. The lowest BCUT2D eigenvalue weighted by molar-refractivity contribution is 0.476. The number of aryl methyl sites for hydroxylation is 1. The lowest BCUT2D eigenvalue weighted by atomic mass is 10.0. The fraction of sp³-hybridized carbons (Fsp3) is 0.308. The Kier molecular flexibility index (Phi) is 2.65. The maximum atomic E-state index is 6.07. The summed E-state index contributed by atoms with van der Waals surface area (Å²) in [7, 11) is 0. The van der Waals surface area contributed by atoms with Crippen molar-refractivity contribution in [2.45, 2.75) is 20.0 Å². The highest BCUT2D eigenvalue weighted by atomic mass is 35.5. The number of aromatic nitrogens is 2. The lowest BCUT2D eigenvalue weighted by Gasteiger charge is -2.17. The van der Waals surface area contributed by atoms with Crippen LogP contribution >= 0.6 is 11.6 Å². The largest absolute Gasteiger partial charge is 0.309 e. The monoisotopic (exact) mass is 247 g/mol. The fourth-order valence-corrected chi connectivity index (χ4v) is 2.46. The van der Waals surface area contributed by atoms with Crippen LogP contribution in [0.1, 0.15) is 11.3 Å². The zero-order valence-corrected chi connectivity index (χ0v) is 10.5. The van der Waals surface area contributed by atoms with Gasteiger partial charge in [0.2, 0.25) is 0 Å². The maximum Gasteiger partial charge on any atom is 0.0601 e. The Morgan fingerprint density at radius 2 is 2.24 bits per heavy atom. The van der Waals surface area contributed by atoms with Gasteiger partial charge in [-0.1, -0.05) is 17.7 Å². The normalized spacial score (nSPS) is 14.7. The van der Waals surface area contributed by atoms with Crippen LogP contribution in [0, 0.1) is 6.92 Å². The fourth-order valence-electron chi connectivity index (χ4n) is 2.29. The third kappa shape index (κ3) is 1.85. The highest BCUT2D eigenvalue weighted by Gasteiger charge is 2.16. The number of hydrogen-bond donors (Lipinski definition) is 1. The summed E-state index contributed by atoms with van der Waals surface area (Å²) in [4.78, 5) is 0. The summed E-state index contributed by atoms with van der Waals surface area (Å²) in [6, 6.07) is 6.00. The van der Waals surface area contributed by atoms with E-state index in [1.54, 1.807) is 0 Å². The number of hydrogen-bond acceptors (Lipinski definition) is 2. The number of rotatable bonds is 1. The molecule has 4 heteroatoms. The maximum absolute atomic E-state index is 6.07. The van der Waals surface area contributed by atoms with Crippen molar-refractivity contribution in [3.8, 4) is 11.1 Å². The summed E-state index contributed by atoms with van der Waals surface area (Å²) in [5, 5.41) is 8.59. The van der Waals surface area contributed by atoms with Crippen LogP contribution < -0.4 is 5.32 Å². The number of nitrogens with zero attached hydrogens (tertiary/aromatic N) is 2. The van der Waals surface area contributed by atoms with E-state index in [0.29, 0.717) is 0 Å².